The smallest absolute Gasteiger partial charge is 0.462 e. The Bertz CT molecular complexity index is 1720. The van der Waals surface area contributed by atoms with Gasteiger partial charge in [0.25, 0.3) is 0 Å². The van der Waals surface area contributed by atoms with Crippen molar-refractivity contribution in [2.75, 3.05) is 39.6 Å². The molecule has 5 atom stereocenters. The van der Waals surface area contributed by atoms with Crippen LogP contribution in [0.25, 0.3) is 0 Å². The van der Waals surface area contributed by atoms with Crippen LogP contribution in [-0.4, -0.2) is 96.7 Å². The molecule has 0 aliphatic heterocycles. The molecule has 0 rings (SSSR count). The van der Waals surface area contributed by atoms with E-state index in [-0.39, 0.29) is 25.7 Å². The highest BCUT2D eigenvalue weighted by Gasteiger charge is 2.30. The summed E-state index contributed by atoms with van der Waals surface area (Å²) in [6, 6.07) is 0. The van der Waals surface area contributed by atoms with Gasteiger partial charge in [0.1, 0.15) is 19.3 Å². The van der Waals surface area contributed by atoms with E-state index in [0.29, 0.717) is 37.5 Å². The monoisotopic (exact) mass is 1280 g/mol. The van der Waals surface area contributed by atoms with Crippen LogP contribution >= 0.6 is 15.6 Å². The SMILES string of the molecule is CCCCCCCCCCCC(=O)OC[C@H](COP(=O)(O)OC[C@H](O)COP(=O)(O)OC[C@@H](COC(=O)CCCCCCCCCC(C)C)OC(=O)CCCCCCCCCCCCCCCCCC(C)C)OC(=O)CCCCCCCCCC(C)C. The summed E-state index contributed by atoms with van der Waals surface area (Å²) in [7, 11) is -9.89. The van der Waals surface area contributed by atoms with E-state index in [9.17, 15) is 43.2 Å². The summed E-state index contributed by atoms with van der Waals surface area (Å²) in [6.45, 7) is 11.7. The second-order valence-corrected chi connectivity index (χ2v) is 28.9. The lowest BCUT2D eigenvalue weighted by Crippen LogP contribution is -2.30. The van der Waals surface area contributed by atoms with Gasteiger partial charge in [-0.05, 0) is 43.4 Å². The first-order valence-corrected chi connectivity index (χ1v) is 38.3. The van der Waals surface area contributed by atoms with Crippen molar-refractivity contribution in [1.29, 1.82) is 0 Å². The number of rotatable bonds is 66. The van der Waals surface area contributed by atoms with Crippen molar-refractivity contribution in [3.8, 4) is 0 Å². The number of aliphatic hydroxyl groups excluding tert-OH is 1. The van der Waals surface area contributed by atoms with Crippen molar-refractivity contribution < 1.29 is 80.2 Å². The maximum Gasteiger partial charge on any atom is 0.472 e. The molecule has 87 heavy (non-hydrogen) atoms. The largest absolute Gasteiger partial charge is 0.472 e. The number of phosphoric acid groups is 2. The van der Waals surface area contributed by atoms with Gasteiger partial charge in [0, 0.05) is 25.7 Å². The first-order chi connectivity index (χ1) is 41.7. The Hall–Kier alpha value is -1.94. The standard InChI is InChI=1S/C68H132O17P2/c1-8-9-10-11-12-20-28-35-42-49-65(70)78-55-64(85-68(73)52-45-38-31-24-27-34-41-48-61(6)7)58-83-87(76,77)81-54-62(69)53-80-86(74,75)82-57-63(56-79-66(71)50-43-36-30-23-26-33-40-47-60(4)5)84-67(72)51-44-37-29-22-19-17-15-13-14-16-18-21-25-32-39-46-59(2)3/h59-64,69H,8-58H2,1-7H3,(H,74,75)(H,76,77)/t62-,63-,64-/m1/s1. The fraction of sp³-hybridized carbons (Fsp3) is 0.941. The Morgan fingerprint density at radius 3 is 0.782 bits per heavy atom. The molecule has 0 spiro atoms. The highest BCUT2D eigenvalue weighted by molar-refractivity contribution is 7.47. The zero-order valence-electron chi connectivity index (χ0n) is 56.5. The average Bonchev–Trinajstić information content (AvgIpc) is 3.68. The molecule has 0 bridgehead atoms. The summed E-state index contributed by atoms with van der Waals surface area (Å²) in [6.07, 6.45) is 41.9. The molecular weight excluding hydrogens is 1150 g/mol. The topological polar surface area (TPSA) is 237 Å². The first kappa shape index (κ1) is 85.1. The molecular formula is C68H132O17P2. The summed E-state index contributed by atoms with van der Waals surface area (Å²) in [5.41, 5.74) is 0. The van der Waals surface area contributed by atoms with Gasteiger partial charge in [-0.25, -0.2) is 9.13 Å². The van der Waals surface area contributed by atoms with Gasteiger partial charge >= 0.3 is 39.5 Å². The van der Waals surface area contributed by atoms with Gasteiger partial charge in [0.2, 0.25) is 0 Å². The van der Waals surface area contributed by atoms with E-state index in [1.54, 1.807) is 0 Å². The summed E-state index contributed by atoms with van der Waals surface area (Å²) in [5.74, 6) is 0.0699. The van der Waals surface area contributed by atoms with Crippen LogP contribution in [0.1, 0.15) is 337 Å². The summed E-state index contributed by atoms with van der Waals surface area (Å²) in [4.78, 5) is 72.3. The molecule has 0 fully saturated rings. The lowest BCUT2D eigenvalue weighted by Gasteiger charge is -2.21. The molecule has 0 saturated heterocycles. The van der Waals surface area contributed by atoms with Crippen molar-refractivity contribution >= 4 is 39.5 Å². The van der Waals surface area contributed by atoms with Gasteiger partial charge in [0.05, 0.1) is 26.4 Å². The molecule has 0 aromatic rings. The molecule has 19 heteroatoms. The third-order valence-electron chi connectivity index (χ3n) is 15.6. The van der Waals surface area contributed by atoms with Gasteiger partial charge in [-0.3, -0.25) is 37.3 Å². The lowest BCUT2D eigenvalue weighted by molar-refractivity contribution is -0.161. The van der Waals surface area contributed by atoms with E-state index in [2.05, 4.69) is 48.5 Å². The molecule has 0 aliphatic carbocycles. The van der Waals surface area contributed by atoms with Crippen LogP contribution in [0.15, 0.2) is 0 Å². The third kappa shape index (κ3) is 62.6. The number of carbonyl (C=O) groups is 4. The molecule has 0 aliphatic rings. The molecule has 0 amide bonds. The zero-order chi connectivity index (χ0) is 64.5. The number of hydrogen-bond donors (Lipinski definition) is 3. The Kier molecular flexibility index (Phi) is 57.8. The van der Waals surface area contributed by atoms with Crippen molar-refractivity contribution in [2.24, 2.45) is 17.8 Å². The van der Waals surface area contributed by atoms with Crippen molar-refractivity contribution in [1.82, 2.24) is 0 Å². The van der Waals surface area contributed by atoms with Gasteiger partial charge < -0.3 is 33.8 Å². The van der Waals surface area contributed by atoms with Crippen molar-refractivity contribution in [2.45, 2.75) is 356 Å². The van der Waals surface area contributed by atoms with Crippen LogP contribution in [0.2, 0.25) is 0 Å². The van der Waals surface area contributed by atoms with E-state index >= 15 is 0 Å². The predicted octanol–water partition coefficient (Wildman–Crippen LogP) is 19.1. The van der Waals surface area contributed by atoms with Crippen LogP contribution < -0.4 is 0 Å². The van der Waals surface area contributed by atoms with Crippen molar-refractivity contribution in [3.05, 3.63) is 0 Å². The molecule has 0 heterocycles. The summed E-state index contributed by atoms with van der Waals surface area (Å²) in [5, 5.41) is 10.6. The number of aliphatic hydroxyl groups is 1. The zero-order valence-corrected chi connectivity index (χ0v) is 58.3. The second-order valence-electron chi connectivity index (χ2n) is 26.0. The second kappa shape index (κ2) is 59.1. The minimum Gasteiger partial charge on any atom is -0.462 e. The number of hydrogen-bond acceptors (Lipinski definition) is 15. The molecule has 0 aromatic carbocycles. The normalized spacial score (nSPS) is 14.3. The van der Waals surface area contributed by atoms with Gasteiger partial charge in [-0.15, -0.1) is 0 Å². The number of carbonyl (C=O) groups excluding carboxylic acids is 4. The van der Waals surface area contributed by atoms with Crippen LogP contribution in [0.4, 0.5) is 0 Å². The quantitative estimate of drug-likeness (QED) is 0.0222. The highest BCUT2D eigenvalue weighted by atomic mass is 31.2. The lowest BCUT2D eigenvalue weighted by atomic mass is 10.0. The predicted molar refractivity (Wildman–Crippen MR) is 349 cm³/mol. The van der Waals surface area contributed by atoms with Gasteiger partial charge in [0.15, 0.2) is 12.2 Å². The molecule has 0 aromatic heterocycles. The summed E-state index contributed by atoms with van der Waals surface area (Å²) >= 11 is 0. The van der Waals surface area contributed by atoms with Crippen LogP contribution in [0.3, 0.4) is 0 Å². The molecule has 516 valence electrons. The van der Waals surface area contributed by atoms with E-state index in [1.807, 2.05) is 0 Å². The summed E-state index contributed by atoms with van der Waals surface area (Å²) < 4.78 is 68.1. The Balaban J connectivity index is 5.19. The Morgan fingerprint density at radius 1 is 0.310 bits per heavy atom. The molecule has 2 unspecified atom stereocenters. The average molecular weight is 1280 g/mol. The number of ether oxygens (including phenoxy) is 4. The minimum absolute atomic E-state index is 0.103. The van der Waals surface area contributed by atoms with E-state index in [1.165, 1.54) is 141 Å². The first-order valence-electron chi connectivity index (χ1n) is 35.3. The highest BCUT2D eigenvalue weighted by Crippen LogP contribution is 2.45. The van der Waals surface area contributed by atoms with E-state index in [0.717, 1.165) is 102 Å². The van der Waals surface area contributed by atoms with E-state index in [4.69, 9.17) is 37.0 Å². The van der Waals surface area contributed by atoms with Crippen LogP contribution in [0, 0.1) is 17.8 Å². The maximum absolute atomic E-state index is 13.0. The fourth-order valence-corrected chi connectivity index (χ4v) is 11.8. The fourth-order valence-electron chi connectivity index (χ4n) is 10.2. The number of unbranched alkanes of at least 4 members (excludes halogenated alkanes) is 34. The molecule has 17 nitrogen and oxygen atoms in total. The van der Waals surface area contributed by atoms with Gasteiger partial charge in [-0.1, -0.05) is 286 Å². The molecule has 0 saturated carbocycles. The molecule has 3 N–H and O–H groups in total. The minimum atomic E-state index is -4.95. The maximum atomic E-state index is 13.0. The number of esters is 4. The van der Waals surface area contributed by atoms with Gasteiger partial charge in [-0.2, -0.15) is 0 Å². The number of phosphoric ester groups is 2. The van der Waals surface area contributed by atoms with Crippen molar-refractivity contribution in [3.63, 3.8) is 0 Å². The third-order valence-corrected chi connectivity index (χ3v) is 17.5. The molecule has 0 radical (unpaired) electrons. The Labute approximate surface area is 530 Å². The Morgan fingerprint density at radius 2 is 0.529 bits per heavy atom. The van der Waals surface area contributed by atoms with Crippen LogP contribution in [-0.2, 0) is 65.4 Å². The van der Waals surface area contributed by atoms with Crippen LogP contribution in [0.5, 0.6) is 0 Å². The van der Waals surface area contributed by atoms with E-state index < -0.39 is 97.5 Å².